The Bertz CT molecular complexity index is 1340. The number of nitrogens with zero attached hydrogens (tertiary/aromatic N) is 2. The number of aromatic nitrogens is 1. The summed E-state index contributed by atoms with van der Waals surface area (Å²) in [6.45, 7) is 8.22. The minimum atomic E-state index is -5.21. The van der Waals surface area contributed by atoms with Crippen LogP contribution in [-0.2, 0) is 33.6 Å². The molecular weight excluding hydrogens is 527 g/mol. The lowest BCUT2D eigenvalue weighted by Gasteiger charge is -2.40. The zero-order valence-electron chi connectivity index (χ0n) is 23.4. The van der Waals surface area contributed by atoms with Gasteiger partial charge in [-0.1, -0.05) is 34.6 Å². The Hall–Kier alpha value is -3.36. The van der Waals surface area contributed by atoms with E-state index in [1.165, 1.54) is 20.8 Å². The topological polar surface area (TPSA) is 149 Å². The van der Waals surface area contributed by atoms with Gasteiger partial charge >= 0.3 is 12.1 Å². The first-order valence-electron chi connectivity index (χ1n) is 13.5. The van der Waals surface area contributed by atoms with Gasteiger partial charge in [0.1, 0.15) is 12.1 Å². The van der Waals surface area contributed by atoms with Crippen LogP contribution >= 0.6 is 0 Å². The molecule has 40 heavy (non-hydrogen) atoms. The van der Waals surface area contributed by atoms with Crippen LogP contribution in [0, 0.1) is 39.4 Å². The van der Waals surface area contributed by atoms with Crippen molar-refractivity contribution in [2.45, 2.75) is 85.0 Å². The number of amides is 3. The third-order valence-electron chi connectivity index (χ3n) is 9.39. The van der Waals surface area contributed by atoms with Crippen molar-refractivity contribution >= 4 is 17.7 Å². The molecule has 2 heterocycles. The first-order valence-corrected chi connectivity index (χ1v) is 13.5. The van der Waals surface area contributed by atoms with Gasteiger partial charge in [-0.2, -0.15) is 18.4 Å². The molecular formula is C28H36F3N5O4. The number of rotatable bonds is 6. The zero-order valence-corrected chi connectivity index (χ0v) is 23.4. The number of primary amides is 1. The maximum absolute atomic E-state index is 13.8. The summed E-state index contributed by atoms with van der Waals surface area (Å²) in [5, 5.41) is 12.2. The van der Waals surface area contributed by atoms with E-state index in [4.69, 9.17) is 5.73 Å². The summed E-state index contributed by atoms with van der Waals surface area (Å²) >= 11 is 0. The molecule has 0 spiro atoms. The minimum absolute atomic E-state index is 0.0212. The lowest BCUT2D eigenvalue weighted by molar-refractivity contribution is -0.176. The number of halogens is 3. The number of fused-ring (bicyclic) bond motifs is 2. The number of nitriles is 1. The van der Waals surface area contributed by atoms with E-state index in [1.54, 1.807) is 5.32 Å². The molecule has 0 bridgehead atoms. The minimum Gasteiger partial charge on any atom is -0.368 e. The number of carbonyl (C=O) groups is 3. The Morgan fingerprint density at radius 1 is 1.23 bits per heavy atom. The number of alkyl halides is 3. The van der Waals surface area contributed by atoms with Crippen LogP contribution in [0.25, 0.3) is 0 Å². The summed E-state index contributed by atoms with van der Waals surface area (Å²) < 4.78 is 39.3. The molecule has 3 aliphatic rings. The molecule has 4 rings (SSSR count). The highest BCUT2D eigenvalue weighted by atomic mass is 19.4. The highest BCUT2D eigenvalue weighted by Gasteiger charge is 2.83. The van der Waals surface area contributed by atoms with Gasteiger partial charge in [-0.15, -0.1) is 0 Å². The van der Waals surface area contributed by atoms with Gasteiger partial charge in [0, 0.05) is 23.2 Å². The Kier molecular flexibility index (Phi) is 7.13. The fourth-order valence-electron chi connectivity index (χ4n) is 7.36. The third-order valence-corrected chi connectivity index (χ3v) is 9.39. The fourth-order valence-corrected chi connectivity index (χ4v) is 7.36. The quantitative estimate of drug-likeness (QED) is 0.486. The number of likely N-dealkylation sites (tertiary alicyclic amines) is 1. The number of hydrogen-bond acceptors (Lipinski definition) is 5. The van der Waals surface area contributed by atoms with Crippen molar-refractivity contribution in [1.29, 1.82) is 5.26 Å². The van der Waals surface area contributed by atoms with E-state index in [9.17, 15) is 37.6 Å². The van der Waals surface area contributed by atoms with Crippen LogP contribution in [-0.4, -0.2) is 52.4 Å². The highest BCUT2D eigenvalue weighted by molar-refractivity contribution is 5.95. The van der Waals surface area contributed by atoms with Crippen molar-refractivity contribution in [3.05, 3.63) is 33.2 Å². The molecule has 3 amide bonds. The SMILES string of the molecule is CC(C)(C)[C@H](NC(=O)C(F)(F)F)C(=O)N1CC2C(C)(C)C2(C(C#N)Cc2cc3c([nH]c2=O)CCCC3)C1C(N)=O. The molecule has 0 aromatic carbocycles. The number of piperidine rings is 1. The number of aromatic amines is 1. The zero-order chi connectivity index (χ0) is 30.0. The van der Waals surface area contributed by atoms with Crippen molar-refractivity contribution in [2.24, 2.45) is 33.8 Å². The standard InChI is InChI=1S/C28H36F3N5O4/c1-25(2,3)19(35-24(40)28(29,30)31)23(39)36-13-18-26(4,5)27(18,20(36)21(33)37)16(12-32)11-15-10-14-8-6-7-9-17(14)34-22(15)38/h10,16,18-20H,6-9,11,13H2,1-5H3,(H2,33,37)(H,34,38)(H,35,40)/t16?,18?,19-,20?,27?/m1/s1. The predicted molar refractivity (Wildman–Crippen MR) is 138 cm³/mol. The van der Waals surface area contributed by atoms with Gasteiger partial charge in [-0.3, -0.25) is 19.2 Å². The van der Waals surface area contributed by atoms with E-state index in [0.717, 1.165) is 41.8 Å². The molecule has 1 saturated carbocycles. The smallest absolute Gasteiger partial charge is 0.368 e. The Morgan fingerprint density at radius 3 is 2.40 bits per heavy atom. The fraction of sp³-hybridized carbons (Fsp3) is 0.679. The van der Waals surface area contributed by atoms with Crippen LogP contribution < -0.4 is 16.6 Å². The molecule has 1 aromatic heterocycles. The second-order valence-corrected chi connectivity index (χ2v) is 13.0. The second-order valence-electron chi connectivity index (χ2n) is 13.0. The van der Waals surface area contributed by atoms with E-state index in [1.807, 2.05) is 19.9 Å². The Balaban J connectivity index is 1.71. The molecule has 9 nitrogen and oxygen atoms in total. The van der Waals surface area contributed by atoms with E-state index >= 15 is 0 Å². The van der Waals surface area contributed by atoms with E-state index in [2.05, 4.69) is 11.1 Å². The predicted octanol–water partition coefficient (Wildman–Crippen LogP) is 2.37. The van der Waals surface area contributed by atoms with Crippen LogP contribution in [0.2, 0.25) is 0 Å². The monoisotopic (exact) mass is 563 g/mol. The molecule has 1 saturated heterocycles. The molecule has 5 atom stereocenters. The molecule has 2 fully saturated rings. The molecule has 218 valence electrons. The molecule has 4 unspecified atom stereocenters. The normalized spacial score (nSPS) is 26.6. The number of H-pyrrole nitrogens is 1. The lowest BCUT2D eigenvalue weighted by atomic mass is 9.74. The molecule has 12 heteroatoms. The highest BCUT2D eigenvalue weighted by Crippen LogP contribution is 2.78. The maximum atomic E-state index is 13.8. The van der Waals surface area contributed by atoms with Crippen LogP contribution in [0.15, 0.2) is 10.9 Å². The van der Waals surface area contributed by atoms with Gasteiger partial charge in [0.2, 0.25) is 11.8 Å². The van der Waals surface area contributed by atoms with Gasteiger partial charge in [-0.25, -0.2) is 0 Å². The van der Waals surface area contributed by atoms with Crippen molar-refractivity contribution in [3.8, 4) is 6.07 Å². The number of carbonyl (C=O) groups excluding carboxylic acids is 3. The van der Waals surface area contributed by atoms with Gasteiger partial charge in [0.15, 0.2) is 0 Å². The van der Waals surface area contributed by atoms with E-state index in [0.29, 0.717) is 5.56 Å². The summed E-state index contributed by atoms with van der Waals surface area (Å²) in [4.78, 5) is 55.6. The number of nitrogens with two attached hydrogens (primary N) is 1. The van der Waals surface area contributed by atoms with Gasteiger partial charge < -0.3 is 20.9 Å². The molecule has 4 N–H and O–H groups in total. The molecule has 1 aromatic rings. The van der Waals surface area contributed by atoms with Crippen molar-refractivity contribution in [1.82, 2.24) is 15.2 Å². The molecule has 0 radical (unpaired) electrons. The summed E-state index contributed by atoms with van der Waals surface area (Å²) in [5.74, 6) is -5.29. The average Bonchev–Trinajstić information content (AvgIpc) is 3.12. The third kappa shape index (κ3) is 4.57. The van der Waals surface area contributed by atoms with Gasteiger partial charge in [0.05, 0.1) is 12.0 Å². The van der Waals surface area contributed by atoms with Crippen LogP contribution in [0.5, 0.6) is 0 Å². The lowest BCUT2D eigenvalue weighted by Crippen LogP contribution is -2.61. The number of aryl methyl sites for hydroxylation is 2. The summed E-state index contributed by atoms with van der Waals surface area (Å²) in [5.41, 5.74) is 4.97. The Labute approximate surface area is 230 Å². The number of nitrogens with one attached hydrogen (secondary N) is 2. The number of hydrogen-bond donors (Lipinski definition) is 3. The average molecular weight is 564 g/mol. The van der Waals surface area contributed by atoms with Crippen molar-refractivity contribution in [3.63, 3.8) is 0 Å². The van der Waals surface area contributed by atoms with Crippen LogP contribution in [0.3, 0.4) is 0 Å². The first-order chi connectivity index (χ1) is 18.4. The summed E-state index contributed by atoms with van der Waals surface area (Å²) in [7, 11) is 0. The molecule has 2 aliphatic carbocycles. The number of pyridine rings is 1. The van der Waals surface area contributed by atoms with Crippen LogP contribution in [0.4, 0.5) is 13.2 Å². The summed E-state index contributed by atoms with van der Waals surface area (Å²) in [6, 6.07) is 1.18. The Morgan fingerprint density at radius 2 is 1.85 bits per heavy atom. The van der Waals surface area contributed by atoms with E-state index < -0.39 is 58.1 Å². The molecule has 1 aliphatic heterocycles. The van der Waals surface area contributed by atoms with Crippen LogP contribution in [0.1, 0.15) is 64.3 Å². The van der Waals surface area contributed by atoms with Crippen molar-refractivity contribution in [2.75, 3.05) is 6.54 Å². The van der Waals surface area contributed by atoms with E-state index in [-0.39, 0.29) is 24.4 Å². The second kappa shape index (κ2) is 9.63. The summed E-state index contributed by atoms with van der Waals surface area (Å²) in [6.07, 6.45) is -1.65. The largest absolute Gasteiger partial charge is 0.471 e. The van der Waals surface area contributed by atoms with Crippen molar-refractivity contribution < 1.29 is 27.6 Å². The van der Waals surface area contributed by atoms with Gasteiger partial charge in [0.25, 0.3) is 5.56 Å². The first kappa shape index (κ1) is 29.6. The van der Waals surface area contributed by atoms with Gasteiger partial charge in [-0.05, 0) is 60.5 Å². The maximum Gasteiger partial charge on any atom is 0.471 e.